The van der Waals surface area contributed by atoms with Crippen molar-refractivity contribution >= 4 is 34.9 Å². The summed E-state index contributed by atoms with van der Waals surface area (Å²) in [6.07, 6.45) is 2.79. The third-order valence-corrected chi connectivity index (χ3v) is 7.58. The molecule has 1 unspecified atom stereocenters. The molecule has 0 spiro atoms. The molecule has 2 fully saturated rings. The fraction of sp³-hybridized carbons (Fsp3) is 0.538. The van der Waals surface area contributed by atoms with E-state index in [1.54, 1.807) is 12.3 Å². The molecule has 186 valence electrons. The van der Waals surface area contributed by atoms with Gasteiger partial charge in [-0.2, -0.15) is 0 Å². The highest BCUT2D eigenvalue weighted by molar-refractivity contribution is 6.33. The smallest absolute Gasteiger partial charge is 0.252 e. The molecule has 0 saturated carbocycles. The molecule has 2 aliphatic rings. The number of anilines is 1. The molecule has 0 aliphatic carbocycles. The van der Waals surface area contributed by atoms with Crippen LogP contribution in [0.25, 0.3) is 0 Å². The lowest BCUT2D eigenvalue weighted by molar-refractivity contribution is 0.000385. The Morgan fingerprint density at radius 2 is 1.85 bits per heavy atom. The van der Waals surface area contributed by atoms with Gasteiger partial charge in [-0.1, -0.05) is 49.2 Å². The fourth-order valence-corrected chi connectivity index (χ4v) is 5.82. The van der Waals surface area contributed by atoms with E-state index in [2.05, 4.69) is 51.0 Å². The van der Waals surface area contributed by atoms with Crippen LogP contribution >= 0.6 is 23.2 Å². The number of amides is 1. The summed E-state index contributed by atoms with van der Waals surface area (Å²) in [6.45, 7) is 14.2. The first-order chi connectivity index (χ1) is 16.3. The predicted octanol–water partition coefficient (Wildman–Crippen LogP) is 4.81. The standard InChI is InChI=1S/C26H35Cl2N5O.H2/c1-4-29-25(34)20-15-22(28)24(30-16-20)33-13-11-32(12-14-33)23-9-10-31(18-26(23,2)3)17-19-5-7-21(27)8-6-19;/h5-8,15-16,23H,4,9-14,17-18H2,1-3H3,(H,29,34);1H. The molecular formula is C26H37Cl2N5O. The molecule has 1 amide bonds. The van der Waals surface area contributed by atoms with Crippen molar-refractivity contribution in [2.45, 2.75) is 39.8 Å². The van der Waals surface area contributed by atoms with Gasteiger partial charge in [-0.15, -0.1) is 0 Å². The first kappa shape index (κ1) is 25.2. The number of aromatic nitrogens is 1. The number of hydrogen-bond acceptors (Lipinski definition) is 5. The molecule has 0 radical (unpaired) electrons. The Morgan fingerprint density at radius 3 is 2.47 bits per heavy atom. The third kappa shape index (κ3) is 5.85. The van der Waals surface area contributed by atoms with Gasteiger partial charge in [0.25, 0.3) is 5.91 Å². The van der Waals surface area contributed by atoms with Crippen molar-refractivity contribution in [3.63, 3.8) is 0 Å². The number of carbonyl (C=O) groups excluding carboxylic acids is 1. The maximum absolute atomic E-state index is 12.1. The monoisotopic (exact) mass is 505 g/mol. The number of nitrogens with one attached hydrogen (secondary N) is 1. The Bertz CT molecular complexity index is 996. The summed E-state index contributed by atoms with van der Waals surface area (Å²) < 4.78 is 0. The van der Waals surface area contributed by atoms with Gasteiger partial charge in [0.2, 0.25) is 0 Å². The van der Waals surface area contributed by atoms with Gasteiger partial charge >= 0.3 is 0 Å². The second-order valence-electron chi connectivity index (χ2n) is 10.0. The molecule has 2 saturated heterocycles. The van der Waals surface area contributed by atoms with Crippen LogP contribution in [-0.2, 0) is 6.54 Å². The Labute approximate surface area is 214 Å². The molecule has 3 heterocycles. The molecule has 2 aromatic rings. The maximum atomic E-state index is 12.1. The molecule has 1 aromatic carbocycles. The van der Waals surface area contributed by atoms with Crippen LogP contribution in [-0.4, -0.2) is 72.5 Å². The predicted molar refractivity (Wildman–Crippen MR) is 142 cm³/mol. The van der Waals surface area contributed by atoms with E-state index in [9.17, 15) is 4.79 Å². The van der Waals surface area contributed by atoms with Crippen molar-refractivity contribution < 1.29 is 6.22 Å². The lowest BCUT2D eigenvalue weighted by Crippen LogP contribution is -2.59. The van der Waals surface area contributed by atoms with Gasteiger partial charge in [-0.05, 0) is 42.5 Å². The average molecular weight is 507 g/mol. The summed E-state index contributed by atoms with van der Waals surface area (Å²) in [6, 6.07) is 10.5. The quantitative estimate of drug-likeness (QED) is 0.610. The van der Waals surface area contributed by atoms with Crippen molar-refractivity contribution in [3.05, 3.63) is 57.7 Å². The van der Waals surface area contributed by atoms with E-state index in [0.717, 1.165) is 56.7 Å². The van der Waals surface area contributed by atoms with Crippen LogP contribution in [0.15, 0.2) is 36.5 Å². The normalized spacial score (nSPS) is 21.4. The molecule has 1 atom stereocenters. The topological polar surface area (TPSA) is 51.7 Å². The summed E-state index contributed by atoms with van der Waals surface area (Å²) in [5.74, 6) is 0.629. The largest absolute Gasteiger partial charge is 0.353 e. The minimum atomic E-state index is -0.141. The Hall–Kier alpha value is -1.86. The van der Waals surface area contributed by atoms with Crippen LogP contribution < -0.4 is 10.2 Å². The number of piperidine rings is 1. The Morgan fingerprint density at radius 1 is 1.15 bits per heavy atom. The lowest BCUT2D eigenvalue weighted by atomic mass is 9.77. The van der Waals surface area contributed by atoms with E-state index in [4.69, 9.17) is 23.2 Å². The number of rotatable bonds is 6. The SMILES string of the molecule is CCNC(=O)c1cnc(N2CCN(C3CCN(Cc4ccc(Cl)cc4)CC3(C)C)CC2)c(Cl)c1.[HH]. The minimum Gasteiger partial charge on any atom is -0.353 e. The van der Waals surface area contributed by atoms with Gasteiger partial charge in [-0.25, -0.2) is 4.98 Å². The zero-order valence-electron chi connectivity index (χ0n) is 20.4. The molecular weight excluding hydrogens is 469 g/mol. The van der Waals surface area contributed by atoms with Gasteiger partial charge < -0.3 is 10.2 Å². The maximum Gasteiger partial charge on any atom is 0.252 e. The van der Waals surface area contributed by atoms with Crippen molar-refractivity contribution in [1.29, 1.82) is 0 Å². The molecule has 1 N–H and O–H groups in total. The third-order valence-electron chi connectivity index (χ3n) is 7.05. The summed E-state index contributed by atoms with van der Waals surface area (Å²) in [7, 11) is 0. The van der Waals surface area contributed by atoms with Gasteiger partial charge in [0.1, 0.15) is 5.82 Å². The number of benzene rings is 1. The molecule has 4 rings (SSSR count). The van der Waals surface area contributed by atoms with E-state index in [1.165, 1.54) is 12.0 Å². The van der Waals surface area contributed by atoms with Crippen molar-refractivity contribution in [2.24, 2.45) is 5.41 Å². The van der Waals surface area contributed by atoms with Crippen LogP contribution in [0.2, 0.25) is 10.0 Å². The highest BCUT2D eigenvalue weighted by atomic mass is 35.5. The van der Waals surface area contributed by atoms with Crippen LogP contribution in [0.4, 0.5) is 5.82 Å². The molecule has 1 aromatic heterocycles. The Kier molecular flexibility index (Phi) is 8.03. The zero-order valence-corrected chi connectivity index (χ0v) is 21.9. The number of nitrogens with zero attached hydrogens (tertiary/aromatic N) is 4. The molecule has 6 nitrogen and oxygen atoms in total. The lowest BCUT2D eigenvalue weighted by Gasteiger charge is -2.51. The number of pyridine rings is 1. The summed E-state index contributed by atoms with van der Waals surface area (Å²) in [5.41, 5.74) is 2.02. The average Bonchev–Trinajstić information content (AvgIpc) is 2.80. The van der Waals surface area contributed by atoms with Gasteiger partial charge in [0, 0.05) is 71.0 Å². The van der Waals surface area contributed by atoms with Gasteiger partial charge in [0.05, 0.1) is 10.6 Å². The van der Waals surface area contributed by atoms with E-state index < -0.39 is 0 Å². The first-order valence-corrected chi connectivity index (χ1v) is 12.9. The second-order valence-corrected chi connectivity index (χ2v) is 10.9. The fourth-order valence-electron chi connectivity index (χ4n) is 5.41. The van der Waals surface area contributed by atoms with Crippen LogP contribution in [0.3, 0.4) is 0 Å². The van der Waals surface area contributed by atoms with Crippen LogP contribution in [0, 0.1) is 5.41 Å². The number of hydrogen-bond donors (Lipinski definition) is 1. The highest BCUT2D eigenvalue weighted by Gasteiger charge is 2.40. The van der Waals surface area contributed by atoms with E-state index >= 15 is 0 Å². The molecule has 0 bridgehead atoms. The Balaban J connectivity index is 0.00000342. The summed E-state index contributed by atoms with van der Waals surface area (Å²) in [4.78, 5) is 24.0. The van der Waals surface area contributed by atoms with Crippen molar-refractivity contribution in [2.75, 3.05) is 50.7 Å². The van der Waals surface area contributed by atoms with E-state index in [1.807, 2.05) is 19.1 Å². The number of halogens is 2. The van der Waals surface area contributed by atoms with Crippen LogP contribution in [0.1, 0.15) is 44.5 Å². The van der Waals surface area contributed by atoms with Crippen molar-refractivity contribution in [3.8, 4) is 0 Å². The summed E-state index contributed by atoms with van der Waals surface area (Å²) >= 11 is 12.6. The highest BCUT2D eigenvalue weighted by Crippen LogP contribution is 2.35. The van der Waals surface area contributed by atoms with E-state index in [0.29, 0.717) is 23.2 Å². The minimum absolute atomic E-state index is 0. The summed E-state index contributed by atoms with van der Waals surface area (Å²) in [5, 5.41) is 4.11. The van der Waals surface area contributed by atoms with Crippen molar-refractivity contribution in [1.82, 2.24) is 20.1 Å². The first-order valence-electron chi connectivity index (χ1n) is 12.2. The van der Waals surface area contributed by atoms with Crippen LogP contribution in [0.5, 0.6) is 0 Å². The van der Waals surface area contributed by atoms with Gasteiger partial charge in [-0.3, -0.25) is 14.6 Å². The number of carbonyl (C=O) groups is 1. The molecule has 34 heavy (non-hydrogen) atoms. The van der Waals surface area contributed by atoms with Gasteiger partial charge in [0.15, 0.2) is 0 Å². The zero-order chi connectivity index (χ0) is 24.3. The number of likely N-dealkylation sites (tertiary alicyclic amines) is 1. The second kappa shape index (κ2) is 10.8. The number of piperazine rings is 1. The van der Waals surface area contributed by atoms with E-state index in [-0.39, 0.29) is 12.7 Å². The molecule has 2 aliphatic heterocycles. The molecule has 8 heteroatoms.